The van der Waals surface area contributed by atoms with Crippen LogP contribution >= 0.6 is 24.0 Å². The molecule has 7 heteroatoms. The Morgan fingerprint density at radius 3 is 2.83 bits per heavy atom. The van der Waals surface area contributed by atoms with Crippen LogP contribution in [0.4, 0.5) is 0 Å². The molecule has 1 atom stereocenters. The number of hydrogen-bond donors (Lipinski definition) is 3. The summed E-state index contributed by atoms with van der Waals surface area (Å²) >= 11 is 0. The molecule has 1 aliphatic carbocycles. The van der Waals surface area contributed by atoms with Gasteiger partial charge >= 0.3 is 0 Å². The van der Waals surface area contributed by atoms with Crippen molar-refractivity contribution >= 4 is 46.7 Å². The SMILES string of the molecule is CN=C(NCCCc1c[nH]c2ccccc12)NC1CCN(C(=O)C2CCCC2)C1.I. The van der Waals surface area contributed by atoms with Crippen molar-refractivity contribution in [1.29, 1.82) is 0 Å². The Labute approximate surface area is 196 Å². The fourth-order valence-electron chi connectivity index (χ4n) is 4.72. The fourth-order valence-corrected chi connectivity index (χ4v) is 4.72. The molecule has 1 saturated carbocycles. The van der Waals surface area contributed by atoms with Crippen LogP contribution in [0.3, 0.4) is 0 Å². The lowest BCUT2D eigenvalue weighted by molar-refractivity contribution is -0.134. The van der Waals surface area contributed by atoms with Crippen LogP contribution in [0.25, 0.3) is 10.9 Å². The van der Waals surface area contributed by atoms with Crippen molar-refractivity contribution in [2.24, 2.45) is 10.9 Å². The largest absolute Gasteiger partial charge is 0.361 e. The van der Waals surface area contributed by atoms with Crippen LogP contribution < -0.4 is 10.6 Å². The number of aliphatic imine (C=N–C) groups is 1. The molecule has 0 spiro atoms. The molecule has 1 aromatic carbocycles. The summed E-state index contributed by atoms with van der Waals surface area (Å²) in [5.41, 5.74) is 2.56. The number of amides is 1. The molecule has 3 N–H and O–H groups in total. The maximum Gasteiger partial charge on any atom is 0.225 e. The number of H-pyrrole nitrogens is 1. The first-order valence-electron chi connectivity index (χ1n) is 11.1. The van der Waals surface area contributed by atoms with Gasteiger partial charge in [-0.2, -0.15) is 0 Å². The number of hydrogen-bond acceptors (Lipinski definition) is 2. The topological polar surface area (TPSA) is 72.5 Å². The van der Waals surface area contributed by atoms with E-state index in [2.05, 4.69) is 56.0 Å². The number of carbonyl (C=O) groups is 1. The van der Waals surface area contributed by atoms with Crippen molar-refractivity contribution in [2.75, 3.05) is 26.7 Å². The van der Waals surface area contributed by atoms with Crippen molar-refractivity contribution in [2.45, 2.75) is 51.0 Å². The minimum absolute atomic E-state index is 0. The second kappa shape index (κ2) is 11.0. The molecule has 164 valence electrons. The molecular formula is C23H34IN5O. The van der Waals surface area contributed by atoms with Crippen LogP contribution in [0.2, 0.25) is 0 Å². The molecule has 2 aromatic rings. The van der Waals surface area contributed by atoms with Gasteiger partial charge in [-0.25, -0.2) is 0 Å². The highest BCUT2D eigenvalue weighted by molar-refractivity contribution is 14.0. The van der Waals surface area contributed by atoms with Gasteiger partial charge in [-0.3, -0.25) is 9.79 Å². The molecule has 30 heavy (non-hydrogen) atoms. The van der Waals surface area contributed by atoms with Crippen LogP contribution in [-0.4, -0.2) is 54.5 Å². The van der Waals surface area contributed by atoms with Gasteiger partial charge in [0.2, 0.25) is 5.91 Å². The highest BCUT2D eigenvalue weighted by atomic mass is 127. The first-order valence-corrected chi connectivity index (χ1v) is 11.1. The Hall–Kier alpha value is -1.77. The van der Waals surface area contributed by atoms with E-state index in [-0.39, 0.29) is 29.9 Å². The third kappa shape index (κ3) is 5.47. The van der Waals surface area contributed by atoms with Crippen LogP contribution in [-0.2, 0) is 11.2 Å². The smallest absolute Gasteiger partial charge is 0.225 e. The predicted molar refractivity (Wildman–Crippen MR) is 133 cm³/mol. The van der Waals surface area contributed by atoms with Gasteiger partial charge < -0.3 is 20.5 Å². The third-order valence-corrected chi connectivity index (χ3v) is 6.36. The van der Waals surface area contributed by atoms with Gasteiger partial charge in [0.15, 0.2) is 5.96 Å². The number of fused-ring (bicyclic) bond motifs is 1. The molecule has 2 aliphatic rings. The molecular weight excluding hydrogens is 489 g/mol. The summed E-state index contributed by atoms with van der Waals surface area (Å²) in [6.07, 6.45) is 9.75. The number of para-hydroxylation sites is 1. The van der Waals surface area contributed by atoms with E-state index < -0.39 is 0 Å². The Bertz CT molecular complexity index is 858. The Morgan fingerprint density at radius 1 is 1.23 bits per heavy atom. The summed E-state index contributed by atoms with van der Waals surface area (Å²) in [5, 5.41) is 8.25. The standard InChI is InChI=1S/C23H33N5O.HI/c1-24-23(25-13-6-9-18-15-26-21-11-5-4-10-20(18)21)27-19-12-14-28(16-19)22(29)17-7-2-3-8-17;/h4-5,10-11,15,17,19,26H,2-3,6-9,12-14,16H2,1H3,(H2,24,25,27);1H. The number of likely N-dealkylation sites (tertiary alicyclic amines) is 1. The maximum absolute atomic E-state index is 12.6. The molecule has 1 unspecified atom stereocenters. The molecule has 1 aliphatic heterocycles. The van der Waals surface area contributed by atoms with E-state index in [1.165, 1.54) is 29.3 Å². The Balaban J connectivity index is 0.00000256. The molecule has 1 saturated heterocycles. The number of guanidine groups is 1. The van der Waals surface area contributed by atoms with E-state index in [1.54, 1.807) is 0 Å². The molecule has 1 aromatic heterocycles. The first-order chi connectivity index (χ1) is 14.2. The van der Waals surface area contributed by atoms with E-state index in [4.69, 9.17) is 0 Å². The minimum Gasteiger partial charge on any atom is -0.361 e. The Morgan fingerprint density at radius 2 is 2.03 bits per heavy atom. The molecule has 2 fully saturated rings. The fraction of sp³-hybridized carbons (Fsp3) is 0.565. The van der Waals surface area contributed by atoms with Gasteiger partial charge in [0.05, 0.1) is 0 Å². The Kier molecular flexibility index (Phi) is 8.41. The second-order valence-corrected chi connectivity index (χ2v) is 8.36. The number of carbonyl (C=O) groups excluding carboxylic acids is 1. The molecule has 1 amide bonds. The average Bonchev–Trinajstić information content (AvgIpc) is 3.51. The number of aromatic amines is 1. The predicted octanol–water partition coefficient (Wildman–Crippen LogP) is 3.67. The van der Waals surface area contributed by atoms with E-state index in [0.29, 0.717) is 11.9 Å². The lowest BCUT2D eigenvalue weighted by Crippen LogP contribution is -2.45. The van der Waals surface area contributed by atoms with E-state index in [1.807, 2.05) is 7.05 Å². The number of nitrogens with one attached hydrogen (secondary N) is 3. The van der Waals surface area contributed by atoms with E-state index in [0.717, 1.165) is 57.7 Å². The summed E-state index contributed by atoms with van der Waals surface area (Å²) in [7, 11) is 1.81. The van der Waals surface area contributed by atoms with Crippen LogP contribution in [0.15, 0.2) is 35.5 Å². The van der Waals surface area contributed by atoms with Gasteiger partial charge in [-0.15, -0.1) is 24.0 Å². The number of benzene rings is 1. The van der Waals surface area contributed by atoms with Crippen molar-refractivity contribution in [1.82, 2.24) is 20.5 Å². The first kappa shape index (κ1) is 22.9. The minimum atomic E-state index is 0. The van der Waals surface area contributed by atoms with E-state index >= 15 is 0 Å². The third-order valence-electron chi connectivity index (χ3n) is 6.36. The highest BCUT2D eigenvalue weighted by Crippen LogP contribution is 2.27. The van der Waals surface area contributed by atoms with E-state index in [9.17, 15) is 4.79 Å². The zero-order chi connectivity index (χ0) is 20.1. The number of nitrogens with zero attached hydrogens (tertiary/aromatic N) is 2. The zero-order valence-electron chi connectivity index (χ0n) is 17.8. The molecule has 2 heterocycles. The summed E-state index contributed by atoms with van der Waals surface area (Å²) in [6.45, 7) is 2.53. The maximum atomic E-state index is 12.6. The zero-order valence-corrected chi connectivity index (χ0v) is 20.2. The van der Waals surface area contributed by atoms with Crippen molar-refractivity contribution in [3.8, 4) is 0 Å². The van der Waals surface area contributed by atoms with Gasteiger partial charge in [0.25, 0.3) is 0 Å². The number of aromatic nitrogens is 1. The second-order valence-electron chi connectivity index (χ2n) is 8.36. The number of aryl methyl sites for hydroxylation is 1. The number of rotatable bonds is 6. The lowest BCUT2D eigenvalue weighted by atomic mass is 10.1. The molecule has 0 radical (unpaired) electrons. The normalized spacial score (nSPS) is 19.8. The van der Waals surface area contributed by atoms with Gasteiger partial charge in [-0.1, -0.05) is 31.0 Å². The number of halogens is 1. The van der Waals surface area contributed by atoms with Gasteiger partial charge in [0, 0.05) is 55.7 Å². The summed E-state index contributed by atoms with van der Waals surface area (Å²) in [5.74, 6) is 1.48. The van der Waals surface area contributed by atoms with Crippen molar-refractivity contribution in [3.63, 3.8) is 0 Å². The summed E-state index contributed by atoms with van der Waals surface area (Å²) in [6, 6.07) is 8.73. The lowest BCUT2D eigenvalue weighted by Gasteiger charge is -2.21. The van der Waals surface area contributed by atoms with Gasteiger partial charge in [-0.05, 0) is 43.7 Å². The van der Waals surface area contributed by atoms with Crippen LogP contribution in [0, 0.1) is 5.92 Å². The van der Waals surface area contributed by atoms with Gasteiger partial charge in [0.1, 0.15) is 0 Å². The summed E-state index contributed by atoms with van der Waals surface area (Å²) in [4.78, 5) is 22.4. The highest BCUT2D eigenvalue weighted by Gasteiger charge is 2.32. The average molecular weight is 523 g/mol. The van der Waals surface area contributed by atoms with Crippen LogP contribution in [0.5, 0.6) is 0 Å². The summed E-state index contributed by atoms with van der Waals surface area (Å²) < 4.78 is 0. The van der Waals surface area contributed by atoms with Crippen molar-refractivity contribution < 1.29 is 4.79 Å². The molecule has 4 rings (SSSR count). The molecule has 6 nitrogen and oxygen atoms in total. The van der Waals surface area contributed by atoms with Crippen LogP contribution in [0.1, 0.15) is 44.1 Å². The monoisotopic (exact) mass is 523 g/mol. The van der Waals surface area contributed by atoms with Crippen molar-refractivity contribution in [3.05, 3.63) is 36.0 Å². The molecule has 0 bridgehead atoms. The quantitative estimate of drug-likeness (QED) is 0.234.